The lowest BCUT2D eigenvalue weighted by Gasteiger charge is -2.44. The van der Waals surface area contributed by atoms with Crippen molar-refractivity contribution < 1.29 is 13.9 Å². The number of hydrogen-bond acceptors (Lipinski definition) is 7. The number of carbonyl (C=O) groups excluding carboxylic acids is 1. The Morgan fingerprint density at radius 1 is 1.19 bits per heavy atom. The van der Waals surface area contributed by atoms with Gasteiger partial charge in [0.15, 0.2) is 5.82 Å². The Hall–Kier alpha value is -3.76. The molecule has 0 N–H and O–H groups in total. The number of benzene rings is 2. The van der Waals surface area contributed by atoms with Crippen LogP contribution in [0.2, 0.25) is 5.02 Å². The second-order valence-corrected chi connectivity index (χ2v) is 12.3. The molecule has 3 atom stereocenters. The van der Waals surface area contributed by atoms with E-state index in [1.807, 2.05) is 40.0 Å². The first-order valence-electron chi connectivity index (χ1n) is 14.7. The highest BCUT2D eigenvalue weighted by atomic mass is 35.5. The van der Waals surface area contributed by atoms with Gasteiger partial charge in [-0.3, -0.25) is 9.48 Å². The molecule has 226 valence electrons. The fraction of sp³-hybridized carbons (Fsp3) is 0.438. The van der Waals surface area contributed by atoms with Gasteiger partial charge < -0.3 is 19.4 Å². The van der Waals surface area contributed by atoms with E-state index in [1.54, 1.807) is 21.8 Å². The number of likely N-dealkylation sites (N-methyl/N-ethyl adjacent to an activating group) is 1. The molecule has 2 aliphatic heterocycles. The van der Waals surface area contributed by atoms with Crippen molar-refractivity contribution in [1.29, 1.82) is 0 Å². The normalized spacial score (nSPS) is 21.2. The van der Waals surface area contributed by atoms with E-state index < -0.39 is 5.82 Å². The van der Waals surface area contributed by atoms with E-state index >= 15 is 4.39 Å². The summed E-state index contributed by atoms with van der Waals surface area (Å²) in [4.78, 5) is 28.2. The fourth-order valence-corrected chi connectivity index (χ4v) is 6.85. The minimum Gasteiger partial charge on any atom is -0.462 e. The monoisotopic (exact) mass is 605 g/mol. The summed E-state index contributed by atoms with van der Waals surface area (Å²) in [6, 6.07) is 5.81. The summed E-state index contributed by atoms with van der Waals surface area (Å²) < 4.78 is 24.9. The average Bonchev–Trinajstić information content (AvgIpc) is 3.58. The molecule has 43 heavy (non-hydrogen) atoms. The third-order valence-electron chi connectivity index (χ3n) is 9.00. The Bertz CT molecular complexity index is 1740. The molecule has 0 radical (unpaired) electrons. The van der Waals surface area contributed by atoms with E-state index in [0.717, 1.165) is 35.9 Å². The smallest absolute Gasteiger partial charge is 0.319 e. The van der Waals surface area contributed by atoms with Crippen LogP contribution in [-0.2, 0) is 11.8 Å². The first-order chi connectivity index (χ1) is 20.6. The molecule has 1 unspecified atom stereocenters. The number of carbonyl (C=O) groups is 1. The molecule has 2 fully saturated rings. The van der Waals surface area contributed by atoms with Crippen molar-refractivity contribution in [3.05, 3.63) is 53.5 Å². The molecule has 2 aromatic carbocycles. The zero-order valence-corrected chi connectivity index (χ0v) is 26.0. The predicted molar refractivity (Wildman–Crippen MR) is 168 cm³/mol. The molecule has 0 bridgehead atoms. The summed E-state index contributed by atoms with van der Waals surface area (Å²) in [5.74, 6) is -0.116. The second kappa shape index (κ2) is 11.4. The predicted octanol–water partition coefficient (Wildman–Crippen LogP) is 5.37. The van der Waals surface area contributed by atoms with Gasteiger partial charge in [-0.05, 0) is 64.9 Å². The third kappa shape index (κ3) is 5.10. The Balaban J connectivity index is 1.52. The standard InChI is InChI=1S/C32H37ClFN7O2/c1-7-25(42)40-15-20(4)41(16-19(40)3)31-23-13-24(33)27(26-18(2)10-11-21-14-35-39(6)30(21)26)28(34)29(23)36-32(37-31)43-17-22-9-8-12-38(22)5/h7,10-11,13-14,19-20,22H,1,8-9,12,15-17H2,2-6H3/t19-,20+,22?/m1/s1. The number of likely N-dealkylation sites (tertiary alicyclic amines) is 1. The number of aryl methyl sites for hydroxylation is 2. The molecule has 0 spiro atoms. The van der Waals surface area contributed by atoms with E-state index in [0.29, 0.717) is 36.5 Å². The van der Waals surface area contributed by atoms with Crippen molar-refractivity contribution in [3.8, 4) is 17.1 Å². The minimum absolute atomic E-state index is 0.112. The van der Waals surface area contributed by atoms with Gasteiger partial charge in [-0.15, -0.1) is 0 Å². The number of hydrogen-bond donors (Lipinski definition) is 0. The maximum atomic E-state index is 16.9. The molecule has 2 aliphatic rings. The summed E-state index contributed by atoms with van der Waals surface area (Å²) in [6.07, 6.45) is 5.23. The Kier molecular flexibility index (Phi) is 7.76. The highest BCUT2D eigenvalue weighted by molar-refractivity contribution is 6.35. The van der Waals surface area contributed by atoms with Gasteiger partial charge in [-0.2, -0.15) is 15.1 Å². The fourth-order valence-electron chi connectivity index (χ4n) is 6.56. The van der Waals surface area contributed by atoms with Gasteiger partial charge in [-0.1, -0.05) is 30.3 Å². The van der Waals surface area contributed by atoms with Gasteiger partial charge >= 0.3 is 6.01 Å². The summed E-state index contributed by atoms with van der Waals surface area (Å²) >= 11 is 6.95. The van der Waals surface area contributed by atoms with E-state index in [9.17, 15) is 4.79 Å². The Labute approximate surface area is 255 Å². The van der Waals surface area contributed by atoms with Crippen molar-refractivity contribution in [2.75, 3.05) is 38.2 Å². The molecule has 9 nitrogen and oxygen atoms in total. The van der Waals surface area contributed by atoms with Crippen molar-refractivity contribution in [3.63, 3.8) is 0 Å². The van der Waals surface area contributed by atoms with Gasteiger partial charge in [0.2, 0.25) is 5.91 Å². The lowest BCUT2D eigenvalue weighted by Crippen LogP contribution is -2.58. The van der Waals surface area contributed by atoms with Crippen LogP contribution >= 0.6 is 11.6 Å². The molecular formula is C32H37ClFN7O2. The number of amides is 1. The number of ether oxygens (including phenoxy) is 1. The van der Waals surface area contributed by atoms with Gasteiger partial charge in [-0.25, -0.2) is 4.39 Å². The molecule has 2 saturated heterocycles. The zero-order valence-electron chi connectivity index (χ0n) is 25.3. The zero-order chi connectivity index (χ0) is 30.6. The van der Waals surface area contributed by atoms with Crippen LogP contribution in [0.15, 0.2) is 37.1 Å². The average molecular weight is 606 g/mol. The van der Waals surface area contributed by atoms with Gasteiger partial charge in [0.1, 0.15) is 17.9 Å². The highest BCUT2D eigenvalue weighted by Gasteiger charge is 2.34. The number of halogens is 2. The van der Waals surface area contributed by atoms with Gasteiger partial charge in [0, 0.05) is 60.2 Å². The van der Waals surface area contributed by atoms with Crippen LogP contribution in [0, 0.1) is 12.7 Å². The summed E-state index contributed by atoms with van der Waals surface area (Å²) in [5.41, 5.74) is 2.75. The number of aromatic nitrogens is 4. The molecule has 2 aromatic heterocycles. The van der Waals surface area contributed by atoms with E-state index in [4.69, 9.17) is 21.3 Å². The van der Waals surface area contributed by atoms with Crippen LogP contribution < -0.4 is 9.64 Å². The number of fused-ring (bicyclic) bond motifs is 2. The van der Waals surface area contributed by atoms with Crippen molar-refractivity contribution in [2.24, 2.45) is 7.05 Å². The second-order valence-electron chi connectivity index (χ2n) is 11.9. The molecule has 4 aromatic rings. The minimum atomic E-state index is -0.535. The van der Waals surface area contributed by atoms with E-state index in [2.05, 4.69) is 33.5 Å². The quantitative estimate of drug-likeness (QED) is 0.273. The molecule has 4 heterocycles. The van der Waals surface area contributed by atoms with Crippen LogP contribution in [-0.4, -0.2) is 86.9 Å². The highest BCUT2D eigenvalue weighted by Crippen LogP contribution is 2.43. The third-order valence-corrected chi connectivity index (χ3v) is 9.29. The number of piperazine rings is 1. The van der Waals surface area contributed by atoms with Crippen molar-refractivity contribution >= 4 is 45.1 Å². The summed E-state index contributed by atoms with van der Waals surface area (Å²) in [5, 5.41) is 6.05. The van der Waals surface area contributed by atoms with Crippen LogP contribution in [0.3, 0.4) is 0 Å². The molecular weight excluding hydrogens is 569 g/mol. The van der Waals surface area contributed by atoms with Crippen molar-refractivity contribution in [2.45, 2.75) is 51.7 Å². The SMILES string of the molecule is C=CC(=O)N1C[C@H](C)N(c2nc(OCC3CCCN3C)nc3c(F)c(-c4c(C)ccc5cnn(C)c45)c(Cl)cc23)C[C@H]1C. The number of nitrogens with zero attached hydrogens (tertiary/aromatic N) is 7. The van der Waals surface area contributed by atoms with Crippen LogP contribution in [0.25, 0.3) is 32.9 Å². The van der Waals surface area contributed by atoms with Crippen LogP contribution in [0.5, 0.6) is 6.01 Å². The topological polar surface area (TPSA) is 79.6 Å². The Morgan fingerprint density at radius 2 is 1.98 bits per heavy atom. The number of rotatable bonds is 6. The maximum Gasteiger partial charge on any atom is 0.319 e. The van der Waals surface area contributed by atoms with Gasteiger partial charge in [0.25, 0.3) is 0 Å². The molecule has 0 saturated carbocycles. The first-order valence-corrected chi connectivity index (χ1v) is 15.1. The number of anilines is 1. The van der Waals surface area contributed by atoms with E-state index in [-0.39, 0.29) is 46.1 Å². The maximum absolute atomic E-state index is 16.9. The first kappa shape index (κ1) is 29.3. The Morgan fingerprint density at radius 3 is 2.70 bits per heavy atom. The van der Waals surface area contributed by atoms with Crippen molar-refractivity contribution in [1.82, 2.24) is 29.5 Å². The van der Waals surface area contributed by atoms with Gasteiger partial charge in [0.05, 0.1) is 16.7 Å². The lowest BCUT2D eigenvalue weighted by molar-refractivity contribution is -0.128. The molecule has 11 heteroatoms. The van der Waals surface area contributed by atoms with Crippen LogP contribution in [0.4, 0.5) is 10.2 Å². The molecule has 6 rings (SSSR count). The molecule has 1 amide bonds. The lowest BCUT2D eigenvalue weighted by atomic mass is 9.96. The summed E-state index contributed by atoms with van der Waals surface area (Å²) in [7, 11) is 3.92. The largest absolute Gasteiger partial charge is 0.462 e. The van der Waals surface area contributed by atoms with E-state index in [1.165, 1.54) is 6.08 Å². The molecule has 0 aliphatic carbocycles. The summed E-state index contributed by atoms with van der Waals surface area (Å²) in [6.45, 7) is 12.0. The van der Waals surface area contributed by atoms with Crippen LogP contribution in [0.1, 0.15) is 32.3 Å².